The second kappa shape index (κ2) is 5.51. The van der Waals surface area contributed by atoms with E-state index in [-0.39, 0.29) is 30.3 Å². The number of amides is 2. The Morgan fingerprint density at radius 1 is 1.32 bits per heavy atom. The van der Waals surface area contributed by atoms with Gasteiger partial charge in [0.2, 0.25) is 11.8 Å². The van der Waals surface area contributed by atoms with Gasteiger partial charge >= 0.3 is 5.97 Å². The molecule has 100 valence electrons. The van der Waals surface area contributed by atoms with Crippen molar-refractivity contribution in [1.29, 1.82) is 0 Å². The van der Waals surface area contributed by atoms with Crippen molar-refractivity contribution in [2.75, 3.05) is 19.6 Å². The molecule has 0 bridgehead atoms. The molecule has 0 radical (unpaired) electrons. The van der Waals surface area contributed by atoms with Crippen LogP contribution in [0.5, 0.6) is 0 Å². The molecule has 19 heavy (non-hydrogen) atoms. The van der Waals surface area contributed by atoms with Crippen LogP contribution < -0.4 is 5.32 Å². The van der Waals surface area contributed by atoms with E-state index in [0.717, 1.165) is 0 Å². The van der Waals surface area contributed by atoms with Gasteiger partial charge in [0, 0.05) is 13.1 Å². The number of carboxylic acids is 1. The Morgan fingerprint density at radius 2 is 2.05 bits per heavy atom. The number of rotatable bonds is 3. The van der Waals surface area contributed by atoms with Crippen LogP contribution >= 0.6 is 0 Å². The monoisotopic (exact) mass is 262 g/mol. The van der Waals surface area contributed by atoms with E-state index < -0.39 is 5.97 Å². The Labute approximate surface area is 110 Å². The van der Waals surface area contributed by atoms with Crippen molar-refractivity contribution in [3.05, 3.63) is 35.4 Å². The van der Waals surface area contributed by atoms with E-state index in [4.69, 9.17) is 5.11 Å². The number of carbonyl (C=O) groups excluding carboxylic acids is 2. The van der Waals surface area contributed by atoms with Crippen molar-refractivity contribution >= 4 is 17.8 Å². The smallest absolute Gasteiger partial charge is 0.335 e. The molecule has 0 unspecified atom stereocenters. The molecule has 2 rings (SSSR count). The summed E-state index contributed by atoms with van der Waals surface area (Å²) in [5, 5.41) is 11.7. The number of hydrogen-bond acceptors (Lipinski definition) is 3. The van der Waals surface area contributed by atoms with Crippen molar-refractivity contribution in [1.82, 2.24) is 10.2 Å². The zero-order chi connectivity index (χ0) is 13.8. The van der Waals surface area contributed by atoms with E-state index in [0.29, 0.717) is 18.7 Å². The number of nitrogens with zero attached hydrogens (tertiary/aromatic N) is 1. The quantitative estimate of drug-likeness (QED) is 0.795. The molecule has 1 heterocycles. The summed E-state index contributed by atoms with van der Waals surface area (Å²) < 4.78 is 0. The van der Waals surface area contributed by atoms with E-state index in [1.807, 2.05) is 0 Å². The van der Waals surface area contributed by atoms with Crippen molar-refractivity contribution < 1.29 is 19.5 Å². The first-order valence-electron chi connectivity index (χ1n) is 5.93. The summed E-state index contributed by atoms with van der Waals surface area (Å²) >= 11 is 0. The molecule has 0 saturated carbocycles. The van der Waals surface area contributed by atoms with E-state index in [2.05, 4.69) is 5.32 Å². The molecule has 0 aromatic heterocycles. The molecular weight excluding hydrogens is 248 g/mol. The minimum atomic E-state index is -1.06. The maximum Gasteiger partial charge on any atom is 0.335 e. The molecule has 0 atom stereocenters. The number of hydrogen-bond donors (Lipinski definition) is 2. The second-order valence-corrected chi connectivity index (χ2v) is 4.30. The van der Waals surface area contributed by atoms with Crippen LogP contribution in [0.1, 0.15) is 15.9 Å². The molecule has 1 fully saturated rings. The second-order valence-electron chi connectivity index (χ2n) is 4.30. The largest absolute Gasteiger partial charge is 0.478 e. The number of carboxylic acid groups (broad SMARTS) is 1. The van der Waals surface area contributed by atoms with Crippen LogP contribution in [-0.4, -0.2) is 47.4 Å². The van der Waals surface area contributed by atoms with Crippen LogP contribution in [0.4, 0.5) is 0 Å². The molecule has 1 aliphatic heterocycles. The maximum atomic E-state index is 12.0. The van der Waals surface area contributed by atoms with Crippen molar-refractivity contribution in [2.24, 2.45) is 0 Å². The topological polar surface area (TPSA) is 86.7 Å². The van der Waals surface area contributed by atoms with Crippen LogP contribution in [0.15, 0.2) is 24.3 Å². The van der Waals surface area contributed by atoms with Gasteiger partial charge in [0.05, 0.1) is 18.5 Å². The highest BCUT2D eigenvalue weighted by Gasteiger charge is 2.22. The summed E-state index contributed by atoms with van der Waals surface area (Å²) in [5.74, 6) is -1.48. The normalized spacial score (nSPS) is 14.9. The van der Waals surface area contributed by atoms with Crippen LogP contribution in [0.25, 0.3) is 0 Å². The van der Waals surface area contributed by atoms with E-state index in [1.54, 1.807) is 18.2 Å². The molecule has 1 aromatic carbocycles. The van der Waals surface area contributed by atoms with Gasteiger partial charge in [-0.25, -0.2) is 4.79 Å². The van der Waals surface area contributed by atoms with Gasteiger partial charge in [-0.2, -0.15) is 0 Å². The fourth-order valence-corrected chi connectivity index (χ4v) is 2.01. The first kappa shape index (κ1) is 13.1. The summed E-state index contributed by atoms with van der Waals surface area (Å²) in [5.41, 5.74) is 0.586. The number of aromatic carboxylic acids is 1. The Morgan fingerprint density at radius 3 is 2.74 bits per heavy atom. The minimum absolute atomic E-state index is 0.00421. The first-order valence-corrected chi connectivity index (χ1v) is 5.93. The molecule has 1 aliphatic rings. The molecule has 6 nitrogen and oxygen atoms in total. The highest BCUT2D eigenvalue weighted by Crippen LogP contribution is 2.11. The van der Waals surface area contributed by atoms with Gasteiger partial charge in [-0.05, 0) is 11.6 Å². The lowest BCUT2D eigenvalue weighted by Gasteiger charge is -2.26. The van der Waals surface area contributed by atoms with Crippen molar-refractivity contribution in [2.45, 2.75) is 6.42 Å². The highest BCUT2D eigenvalue weighted by molar-refractivity contribution is 5.92. The lowest BCUT2D eigenvalue weighted by atomic mass is 10.0. The van der Waals surface area contributed by atoms with Crippen LogP contribution in [0.3, 0.4) is 0 Å². The third-order valence-corrected chi connectivity index (χ3v) is 2.98. The zero-order valence-electron chi connectivity index (χ0n) is 10.3. The number of carbonyl (C=O) groups is 3. The number of piperazine rings is 1. The van der Waals surface area contributed by atoms with E-state index >= 15 is 0 Å². The summed E-state index contributed by atoms with van der Waals surface area (Å²) in [6.07, 6.45) is -0.00421. The van der Waals surface area contributed by atoms with Crippen LogP contribution in [-0.2, 0) is 16.0 Å². The minimum Gasteiger partial charge on any atom is -0.478 e. The Balaban J connectivity index is 2.10. The van der Waals surface area contributed by atoms with E-state index in [9.17, 15) is 14.4 Å². The summed E-state index contributed by atoms with van der Waals surface area (Å²) in [4.78, 5) is 35.7. The lowest BCUT2D eigenvalue weighted by Crippen LogP contribution is -2.50. The Bertz CT molecular complexity index is 527. The third kappa shape index (κ3) is 3.09. The molecular formula is C13H14N2O4. The fourth-order valence-electron chi connectivity index (χ4n) is 2.01. The van der Waals surface area contributed by atoms with Crippen molar-refractivity contribution in [3.8, 4) is 0 Å². The maximum absolute atomic E-state index is 12.0. The molecule has 0 spiro atoms. The molecule has 2 N–H and O–H groups in total. The van der Waals surface area contributed by atoms with Gasteiger partial charge in [-0.15, -0.1) is 0 Å². The van der Waals surface area contributed by atoms with Gasteiger partial charge in [0.1, 0.15) is 0 Å². The fraction of sp³-hybridized carbons (Fsp3) is 0.308. The molecule has 2 amide bonds. The number of benzene rings is 1. The van der Waals surface area contributed by atoms with Gasteiger partial charge in [-0.3, -0.25) is 9.59 Å². The molecule has 1 aromatic rings. The molecule has 6 heteroatoms. The van der Waals surface area contributed by atoms with Crippen LogP contribution in [0.2, 0.25) is 0 Å². The zero-order valence-corrected chi connectivity index (χ0v) is 10.3. The highest BCUT2D eigenvalue weighted by atomic mass is 16.4. The summed E-state index contributed by atoms with van der Waals surface area (Å²) in [6.45, 7) is 0.930. The average molecular weight is 262 g/mol. The van der Waals surface area contributed by atoms with Gasteiger partial charge < -0.3 is 15.3 Å². The lowest BCUT2D eigenvalue weighted by molar-refractivity contribution is -0.137. The molecule has 1 saturated heterocycles. The Kier molecular flexibility index (Phi) is 3.79. The average Bonchev–Trinajstić information content (AvgIpc) is 2.39. The van der Waals surface area contributed by atoms with Crippen LogP contribution in [0, 0.1) is 0 Å². The predicted octanol–water partition coefficient (Wildman–Crippen LogP) is -0.114. The van der Waals surface area contributed by atoms with Crippen molar-refractivity contribution in [3.63, 3.8) is 0 Å². The summed E-state index contributed by atoms with van der Waals surface area (Å²) in [6, 6.07) is 6.39. The van der Waals surface area contributed by atoms with Gasteiger partial charge in [-0.1, -0.05) is 18.2 Å². The molecule has 0 aliphatic carbocycles. The van der Waals surface area contributed by atoms with Gasteiger partial charge in [0.15, 0.2) is 0 Å². The first-order chi connectivity index (χ1) is 9.08. The number of nitrogens with one attached hydrogen (secondary N) is 1. The standard InChI is InChI=1S/C13H14N2O4/c16-11-8-15(6-5-14-11)12(17)7-9-3-1-2-4-10(9)13(18)19/h1-4H,5-8H2,(H,14,16)(H,18,19). The SMILES string of the molecule is O=C1CN(C(=O)Cc2ccccc2C(=O)O)CCN1. The summed E-state index contributed by atoms with van der Waals surface area (Å²) in [7, 11) is 0. The van der Waals surface area contributed by atoms with Gasteiger partial charge in [0.25, 0.3) is 0 Å². The van der Waals surface area contributed by atoms with E-state index in [1.165, 1.54) is 11.0 Å². The predicted molar refractivity (Wildman–Crippen MR) is 66.7 cm³/mol. The Hall–Kier alpha value is -2.37. The third-order valence-electron chi connectivity index (χ3n) is 2.98.